The van der Waals surface area contributed by atoms with E-state index in [2.05, 4.69) is 6.92 Å². The molecule has 1 saturated heterocycles. The second-order valence-electron chi connectivity index (χ2n) is 5.71. The summed E-state index contributed by atoms with van der Waals surface area (Å²) in [5, 5.41) is 0. The second kappa shape index (κ2) is 6.42. The van der Waals surface area contributed by atoms with Crippen LogP contribution in [0, 0.1) is 18.7 Å². The van der Waals surface area contributed by atoms with Gasteiger partial charge in [0.05, 0.1) is 4.90 Å². The Labute approximate surface area is 126 Å². The molecule has 0 radical (unpaired) electrons. The summed E-state index contributed by atoms with van der Waals surface area (Å²) in [5.74, 6) is -0.103. The van der Waals surface area contributed by atoms with E-state index >= 15 is 0 Å². The highest BCUT2D eigenvalue weighted by molar-refractivity contribution is 7.89. The van der Waals surface area contributed by atoms with E-state index in [1.54, 1.807) is 0 Å². The maximum atomic E-state index is 13.9. The zero-order chi connectivity index (χ0) is 15.6. The predicted octanol–water partition coefficient (Wildman–Crippen LogP) is 2.40. The molecule has 1 fully saturated rings. The third-order valence-electron chi connectivity index (χ3n) is 4.16. The lowest BCUT2D eigenvalue weighted by Gasteiger charge is -2.19. The molecule has 21 heavy (non-hydrogen) atoms. The Morgan fingerprint density at radius 2 is 2.14 bits per heavy atom. The highest BCUT2D eigenvalue weighted by Gasteiger charge is 2.33. The van der Waals surface area contributed by atoms with E-state index in [0.717, 1.165) is 19.3 Å². The van der Waals surface area contributed by atoms with Crippen LogP contribution in [0.15, 0.2) is 17.0 Å². The maximum absolute atomic E-state index is 13.9. The smallest absolute Gasteiger partial charge is 0.243 e. The van der Waals surface area contributed by atoms with E-state index in [9.17, 15) is 12.8 Å². The van der Waals surface area contributed by atoms with E-state index in [0.29, 0.717) is 24.6 Å². The Hall–Kier alpha value is -0.980. The van der Waals surface area contributed by atoms with Gasteiger partial charge in [0.1, 0.15) is 5.82 Å². The van der Waals surface area contributed by atoms with Crippen LogP contribution in [0.3, 0.4) is 0 Å². The maximum Gasteiger partial charge on any atom is 0.243 e. The second-order valence-corrected chi connectivity index (χ2v) is 7.62. The zero-order valence-electron chi connectivity index (χ0n) is 12.6. The number of nitrogens with two attached hydrogens (primary N) is 1. The normalized spacial score (nSPS) is 20.1. The molecule has 6 heteroatoms. The fourth-order valence-electron chi connectivity index (χ4n) is 2.89. The van der Waals surface area contributed by atoms with Gasteiger partial charge in [0, 0.05) is 25.2 Å². The number of rotatable bonds is 5. The minimum Gasteiger partial charge on any atom is -0.326 e. The van der Waals surface area contributed by atoms with Crippen molar-refractivity contribution in [2.45, 2.75) is 44.6 Å². The molecule has 118 valence electrons. The van der Waals surface area contributed by atoms with E-state index < -0.39 is 15.8 Å². The van der Waals surface area contributed by atoms with Crippen molar-refractivity contribution in [3.63, 3.8) is 0 Å². The summed E-state index contributed by atoms with van der Waals surface area (Å²) in [6, 6.07) is 2.80. The molecule has 1 aliphatic heterocycles. The molecule has 1 heterocycles. The Morgan fingerprint density at radius 3 is 2.76 bits per heavy atom. The zero-order valence-corrected chi connectivity index (χ0v) is 13.4. The molecule has 1 unspecified atom stereocenters. The van der Waals surface area contributed by atoms with E-state index in [1.165, 1.54) is 23.4 Å². The van der Waals surface area contributed by atoms with Gasteiger partial charge in [0.15, 0.2) is 0 Å². The van der Waals surface area contributed by atoms with Crippen molar-refractivity contribution >= 4 is 10.0 Å². The first-order valence-corrected chi connectivity index (χ1v) is 8.83. The van der Waals surface area contributed by atoms with Gasteiger partial charge in [0.2, 0.25) is 10.0 Å². The van der Waals surface area contributed by atoms with Crippen molar-refractivity contribution in [3.8, 4) is 0 Å². The lowest BCUT2D eigenvalue weighted by molar-refractivity contribution is 0.443. The molecule has 1 aromatic carbocycles. The molecule has 0 saturated carbocycles. The molecule has 2 rings (SSSR count). The van der Waals surface area contributed by atoms with Crippen LogP contribution in [0.25, 0.3) is 0 Å². The van der Waals surface area contributed by atoms with Crippen molar-refractivity contribution in [1.29, 1.82) is 0 Å². The number of benzene rings is 1. The summed E-state index contributed by atoms with van der Waals surface area (Å²) in [7, 11) is -3.64. The molecular weight excluding hydrogens is 291 g/mol. The molecule has 1 aromatic rings. The lowest BCUT2D eigenvalue weighted by Crippen LogP contribution is -2.29. The van der Waals surface area contributed by atoms with E-state index in [-0.39, 0.29) is 17.0 Å². The number of nitrogens with zero attached hydrogens (tertiary/aromatic N) is 1. The van der Waals surface area contributed by atoms with Crippen LogP contribution in [0.1, 0.15) is 37.3 Å². The van der Waals surface area contributed by atoms with E-state index in [1.807, 2.05) is 0 Å². The molecule has 0 aromatic heterocycles. The first-order valence-electron chi connectivity index (χ1n) is 7.39. The third-order valence-corrected chi connectivity index (χ3v) is 6.15. The van der Waals surface area contributed by atoms with Crippen molar-refractivity contribution in [3.05, 3.63) is 29.1 Å². The van der Waals surface area contributed by atoms with Crippen LogP contribution in [0.5, 0.6) is 0 Å². The molecule has 0 spiro atoms. The molecule has 1 aliphatic rings. The quantitative estimate of drug-likeness (QED) is 0.907. The topological polar surface area (TPSA) is 63.4 Å². The monoisotopic (exact) mass is 314 g/mol. The number of halogens is 1. The van der Waals surface area contributed by atoms with Crippen LogP contribution in [0.2, 0.25) is 0 Å². The fraction of sp³-hybridized carbons (Fsp3) is 0.600. The van der Waals surface area contributed by atoms with E-state index in [4.69, 9.17) is 5.73 Å². The largest absolute Gasteiger partial charge is 0.326 e. The summed E-state index contributed by atoms with van der Waals surface area (Å²) in [6.45, 7) is 4.77. The Morgan fingerprint density at radius 1 is 1.43 bits per heavy atom. The van der Waals surface area contributed by atoms with Gasteiger partial charge in [-0.2, -0.15) is 4.31 Å². The Balaban J connectivity index is 2.34. The summed E-state index contributed by atoms with van der Waals surface area (Å²) < 4.78 is 40.9. The molecule has 0 aliphatic carbocycles. The van der Waals surface area contributed by atoms with Gasteiger partial charge >= 0.3 is 0 Å². The van der Waals surface area contributed by atoms with Gasteiger partial charge < -0.3 is 5.73 Å². The number of hydrogen-bond acceptors (Lipinski definition) is 3. The number of hydrogen-bond donors (Lipinski definition) is 1. The van der Waals surface area contributed by atoms with Gasteiger partial charge in [-0.25, -0.2) is 12.8 Å². The standard InChI is InChI=1S/C15H23FN2O2S/c1-3-4-12-5-6-18(10-12)21(19,20)15-8-13(9-17)7-14(16)11(15)2/h7-8,12H,3-6,9-10,17H2,1-2H3. The number of sulfonamides is 1. The summed E-state index contributed by atoms with van der Waals surface area (Å²) >= 11 is 0. The average Bonchev–Trinajstić information content (AvgIpc) is 2.91. The summed E-state index contributed by atoms with van der Waals surface area (Å²) in [4.78, 5) is 0.0556. The van der Waals surface area contributed by atoms with Crippen LogP contribution >= 0.6 is 0 Å². The molecular formula is C15H23FN2O2S. The summed E-state index contributed by atoms with van der Waals surface area (Å²) in [5.41, 5.74) is 6.19. The Kier molecular flexibility index (Phi) is 5.01. The van der Waals surface area contributed by atoms with Crippen molar-refractivity contribution in [2.24, 2.45) is 11.7 Å². The third kappa shape index (κ3) is 3.27. The minimum absolute atomic E-state index is 0.0556. The summed E-state index contributed by atoms with van der Waals surface area (Å²) in [6.07, 6.45) is 2.96. The van der Waals surface area contributed by atoms with Crippen LogP contribution in [-0.2, 0) is 16.6 Å². The molecule has 4 nitrogen and oxygen atoms in total. The SMILES string of the molecule is CCCC1CCN(S(=O)(=O)c2cc(CN)cc(F)c2C)C1. The molecule has 0 amide bonds. The van der Waals surface area contributed by atoms with Gasteiger partial charge in [-0.3, -0.25) is 0 Å². The first-order chi connectivity index (χ1) is 9.90. The molecule has 0 bridgehead atoms. The predicted molar refractivity (Wildman–Crippen MR) is 80.8 cm³/mol. The van der Waals surface area contributed by atoms with Crippen molar-refractivity contribution in [2.75, 3.05) is 13.1 Å². The lowest BCUT2D eigenvalue weighted by atomic mass is 10.0. The minimum atomic E-state index is -3.64. The average molecular weight is 314 g/mol. The highest BCUT2D eigenvalue weighted by atomic mass is 32.2. The highest BCUT2D eigenvalue weighted by Crippen LogP contribution is 2.29. The van der Waals surface area contributed by atoms with Gasteiger partial charge in [-0.05, 0) is 43.4 Å². The van der Waals surface area contributed by atoms with Gasteiger partial charge in [-0.15, -0.1) is 0 Å². The van der Waals surface area contributed by atoms with Crippen LogP contribution in [0.4, 0.5) is 4.39 Å². The van der Waals surface area contributed by atoms with Crippen molar-refractivity contribution < 1.29 is 12.8 Å². The van der Waals surface area contributed by atoms with Gasteiger partial charge in [0.25, 0.3) is 0 Å². The van der Waals surface area contributed by atoms with Crippen molar-refractivity contribution in [1.82, 2.24) is 4.31 Å². The van der Waals surface area contributed by atoms with Gasteiger partial charge in [-0.1, -0.05) is 13.3 Å². The first kappa shape index (κ1) is 16.4. The molecule has 2 N–H and O–H groups in total. The fourth-order valence-corrected chi connectivity index (χ4v) is 4.71. The Bertz CT molecular complexity index is 616. The molecule has 1 atom stereocenters. The van der Waals surface area contributed by atoms with Crippen LogP contribution < -0.4 is 5.73 Å². The van der Waals surface area contributed by atoms with Crippen LogP contribution in [-0.4, -0.2) is 25.8 Å².